The molecule has 0 unspecified atom stereocenters. The van der Waals surface area contributed by atoms with Gasteiger partial charge in [0.1, 0.15) is 0 Å². The van der Waals surface area contributed by atoms with Gasteiger partial charge >= 0.3 is 6.03 Å². The van der Waals surface area contributed by atoms with Crippen LogP contribution in [-0.2, 0) is 26.0 Å². The lowest BCUT2D eigenvalue weighted by molar-refractivity contribution is -0.384. The SMILES string of the molecule is CCCN1C(=O)N(C)C(=O)[C@]2(Cc3cc([N+](=O)[O-])ccc3N3CCN(S(=O)(=O)c4ccc(C)cc4)C[C@@H]32)C1=O. The Hall–Kier alpha value is -3.84. The third kappa shape index (κ3) is 3.98. The lowest BCUT2D eigenvalue weighted by Crippen LogP contribution is -2.75. The van der Waals surface area contributed by atoms with Gasteiger partial charge in [-0.1, -0.05) is 24.6 Å². The first-order valence-electron chi connectivity index (χ1n) is 12.7. The third-order valence-corrected chi connectivity index (χ3v) is 9.78. The van der Waals surface area contributed by atoms with E-state index >= 15 is 0 Å². The van der Waals surface area contributed by atoms with Crippen molar-refractivity contribution in [2.24, 2.45) is 5.41 Å². The number of benzene rings is 2. The maximum absolute atomic E-state index is 14.1. The van der Waals surface area contributed by atoms with Gasteiger partial charge < -0.3 is 4.90 Å². The second-order valence-electron chi connectivity index (χ2n) is 10.2. The lowest BCUT2D eigenvalue weighted by atomic mass is 9.67. The molecule has 0 saturated carbocycles. The molecule has 2 atom stereocenters. The van der Waals surface area contributed by atoms with Gasteiger partial charge in [0.2, 0.25) is 21.8 Å². The quantitative estimate of drug-likeness (QED) is 0.310. The average molecular weight is 556 g/mol. The molecule has 4 amide bonds. The normalized spacial score (nSPS) is 23.7. The summed E-state index contributed by atoms with van der Waals surface area (Å²) in [5.41, 5.74) is -0.102. The first-order valence-corrected chi connectivity index (χ1v) is 14.1. The fourth-order valence-corrected chi connectivity index (χ4v) is 7.35. The van der Waals surface area contributed by atoms with Crippen molar-refractivity contribution in [3.8, 4) is 0 Å². The minimum atomic E-state index is -3.96. The average Bonchev–Trinajstić information content (AvgIpc) is 2.92. The van der Waals surface area contributed by atoms with E-state index < -0.39 is 44.2 Å². The standard InChI is InChI=1S/C26H29N5O7S/c1-4-11-30-24(33)26(23(32)27(3)25(30)34)15-18-14-19(31(35)36)7-10-21(18)29-13-12-28(16-22(26)29)39(37,38)20-8-5-17(2)6-9-20/h5-10,14,22H,4,11-13,15-16H2,1-3H3/t22-,26-/m1/s1. The summed E-state index contributed by atoms with van der Waals surface area (Å²) in [6.07, 6.45) is 0.263. The van der Waals surface area contributed by atoms with E-state index in [4.69, 9.17) is 0 Å². The molecule has 2 saturated heterocycles. The van der Waals surface area contributed by atoms with Crippen LogP contribution in [0.25, 0.3) is 0 Å². The van der Waals surface area contributed by atoms with Crippen LogP contribution in [0.4, 0.5) is 16.2 Å². The zero-order valence-corrected chi connectivity index (χ0v) is 22.7. The molecule has 0 aliphatic carbocycles. The number of imide groups is 2. The van der Waals surface area contributed by atoms with Crippen LogP contribution in [0.5, 0.6) is 0 Å². The van der Waals surface area contributed by atoms with E-state index in [2.05, 4.69) is 0 Å². The fraction of sp³-hybridized carbons (Fsp3) is 0.423. The van der Waals surface area contributed by atoms with Crippen molar-refractivity contribution in [3.63, 3.8) is 0 Å². The van der Waals surface area contributed by atoms with Gasteiger partial charge in [-0.3, -0.25) is 29.5 Å². The van der Waals surface area contributed by atoms with Crippen LogP contribution in [0.1, 0.15) is 24.5 Å². The van der Waals surface area contributed by atoms with E-state index in [0.717, 1.165) is 15.4 Å². The molecule has 13 heteroatoms. The maximum Gasteiger partial charge on any atom is 0.333 e. The number of barbiturate groups is 1. The molecule has 5 rings (SSSR count). The summed E-state index contributed by atoms with van der Waals surface area (Å²) in [5, 5.41) is 11.5. The minimum absolute atomic E-state index is 0.0784. The van der Waals surface area contributed by atoms with Crippen LogP contribution in [0, 0.1) is 22.5 Å². The number of anilines is 1. The number of aryl methyl sites for hydroxylation is 1. The third-order valence-electron chi connectivity index (χ3n) is 7.90. The Kier molecular flexibility index (Phi) is 6.46. The Morgan fingerprint density at radius 1 is 1.05 bits per heavy atom. The Bertz CT molecular complexity index is 1490. The molecule has 2 aromatic carbocycles. The van der Waals surface area contributed by atoms with Gasteiger partial charge in [-0.25, -0.2) is 13.2 Å². The number of fused-ring (bicyclic) bond motifs is 4. The molecule has 0 bridgehead atoms. The molecule has 12 nitrogen and oxygen atoms in total. The number of non-ortho nitro benzene ring substituents is 1. The molecule has 0 aromatic heterocycles. The number of rotatable bonds is 5. The van der Waals surface area contributed by atoms with E-state index in [1.54, 1.807) is 30.0 Å². The van der Waals surface area contributed by atoms with Crippen molar-refractivity contribution < 1.29 is 27.7 Å². The molecule has 1 spiro atoms. The molecule has 0 radical (unpaired) electrons. The molecule has 3 heterocycles. The van der Waals surface area contributed by atoms with Gasteiger partial charge in [0, 0.05) is 57.5 Å². The van der Waals surface area contributed by atoms with Crippen LogP contribution < -0.4 is 4.90 Å². The number of nitro benzene ring substituents is 1. The number of piperazine rings is 1. The number of sulfonamides is 1. The minimum Gasteiger partial charge on any atom is -0.364 e. The van der Waals surface area contributed by atoms with Crippen molar-refractivity contribution in [1.82, 2.24) is 14.1 Å². The van der Waals surface area contributed by atoms with Gasteiger partial charge in [-0.05, 0) is 37.1 Å². The predicted octanol–water partition coefficient (Wildman–Crippen LogP) is 2.16. The first kappa shape index (κ1) is 26.8. The van der Waals surface area contributed by atoms with E-state index in [-0.39, 0.29) is 43.2 Å². The Balaban J connectivity index is 1.66. The number of hydrogen-bond acceptors (Lipinski definition) is 8. The summed E-state index contributed by atoms with van der Waals surface area (Å²) in [5.74, 6) is -1.45. The van der Waals surface area contributed by atoms with Crippen molar-refractivity contribution in [1.29, 1.82) is 0 Å². The zero-order valence-electron chi connectivity index (χ0n) is 21.9. The molecular formula is C26H29N5O7S. The maximum atomic E-state index is 14.1. The highest BCUT2D eigenvalue weighted by Gasteiger charge is 2.64. The van der Waals surface area contributed by atoms with Crippen LogP contribution in [0.3, 0.4) is 0 Å². The summed E-state index contributed by atoms with van der Waals surface area (Å²) < 4.78 is 28.6. The Morgan fingerprint density at radius 2 is 1.74 bits per heavy atom. The first-order chi connectivity index (χ1) is 18.4. The number of carbonyl (C=O) groups excluding carboxylic acids is 3. The lowest BCUT2D eigenvalue weighted by Gasteiger charge is -2.56. The second-order valence-corrected chi connectivity index (χ2v) is 12.1. The molecule has 2 fully saturated rings. The zero-order chi connectivity index (χ0) is 28.3. The summed E-state index contributed by atoms with van der Waals surface area (Å²) in [6, 6.07) is 9.05. The molecule has 2 aromatic rings. The van der Waals surface area contributed by atoms with Gasteiger partial charge in [-0.15, -0.1) is 0 Å². The predicted molar refractivity (Wildman–Crippen MR) is 140 cm³/mol. The number of nitro groups is 1. The van der Waals surface area contributed by atoms with Crippen molar-refractivity contribution in [3.05, 3.63) is 63.7 Å². The summed E-state index contributed by atoms with van der Waals surface area (Å²) in [6.45, 7) is 3.78. The van der Waals surface area contributed by atoms with Gasteiger partial charge in [0.25, 0.3) is 5.69 Å². The van der Waals surface area contributed by atoms with Crippen molar-refractivity contribution in [2.75, 3.05) is 38.1 Å². The fourth-order valence-electron chi connectivity index (χ4n) is 5.91. The highest BCUT2D eigenvalue weighted by atomic mass is 32.2. The summed E-state index contributed by atoms with van der Waals surface area (Å²) in [4.78, 5) is 55.9. The van der Waals surface area contributed by atoms with Crippen LogP contribution in [-0.4, -0.2) is 84.6 Å². The number of carbonyl (C=O) groups is 3. The summed E-state index contributed by atoms with van der Waals surface area (Å²) in [7, 11) is -2.66. The van der Waals surface area contributed by atoms with E-state index in [1.807, 2.05) is 6.92 Å². The summed E-state index contributed by atoms with van der Waals surface area (Å²) >= 11 is 0. The highest BCUT2D eigenvalue weighted by Crippen LogP contribution is 2.48. The Morgan fingerprint density at radius 3 is 2.38 bits per heavy atom. The van der Waals surface area contributed by atoms with Crippen LogP contribution >= 0.6 is 0 Å². The largest absolute Gasteiger partial charge is 0.364 e. The van der Waals surface area contributed by atoms with Crippen LogP contribution in [0.15, 0.2) is 47.4 Å². The van der Waals surface area contributed by atoms with Crippen molar-refractivity contribution >= 4 is 39.2 Å². The molecule has 206 valence electrons. The number of hydrogen-bond donors (Lipinski definition) is 0. The van der Waals surface area contributed by atoms with Crippen molar-refractivity contribution in [2.45, 2.75) is 37.6 Å². The van der Waals surface area contributed by atoms with Gasteiger partial charge in [0.15, 0.2) is 5.41 Å². The molecule has 0 N–H and O–H groups in total. The van der Waals surface area contributed by atoms with Crippen LogP contribution in [0.2, 0.25) is 0 Å². The highest BCUT2D eigenvalue weighted by molar-refractivity contribution is 7.89. The second kappa shape index (κ2) is 9.42. The van der Waals surface area contributed by atoms with Gasteiger partial charge in [-0.2, -0.15) is 4.31 Å². The molecule has 3 aliphatic rings. The van der Waals surface area contributed by atoms with Gasteiger partial charge in [0.05, 0.1) is 15.9 Å². The van der Waals surface area contributed by atoms with E-state index in [1.165, 1.54) is 35.6 Å². The number of amides is 4. The number of nitrogens with zero attached hydrogens (tertiary/aromatic N) is 5. The topological polar surface area (TPSA) is 141 Å². The molecule has 3 aliphatic heterocycles. The molecular weight excluding hydrogens is 526 g/mol. The monoisotopic (exact) mass is 555 g/mol. The Labute approximate surface area is 226 Å². The van der Waals surface area contributed by atoms with E-state index in [0.29, 0.717) is 17.7 Å². The van der Waals surface area contributed by atoms with E-state index in [9.17, 15) is 32.9 Å². The molecule has 39 heavy (non-hydrogen) atoms. The smallest absolute Gasteiger partial charge is 0.333 e. The number of urea groups is 1.